The number of rotatable bonds is 12. The molecule has 3 aliphatic rings. The second kappa shape index (κ2) is 15.4. The summed E-state index contributed by atoms with van der Waals surface area (Å²) < 4.78 is 58.5. The van der Waals surface area contributed by atoms with E-state index in [0.717, 1.165) is 83.1 Å². The standard InChI is InChI=1S/C41H50F4N4O4/c1-23(2)13-36(49-20-27(34(18-37(49)50)41(43,44)45)11-12-48-21-30-9-10-31(22-48)47(30)5)40(53)46-35(19-38(51)52)28-16-26-7-6-8-32(26)33(17-28)39-24(3)14-29(42)15-25(39)4/h14-18,20,23,30-31,35-36H,6-13,19,21-22H2,1-5H3,(H,46,53)(H,51,52)/t30?,31?,35-,36-/m0/s1. The van der Waals surface area contributed by atoms with E-state index in [2.05, 4.69) is 22.2 Å². The summed E-state index contributed by atoms with van der Waals surface area (Å²) in [5.74, 6) is -2.28. The number of halogens is 4. The van der Waals surface area contributed by atoms with E-state index in [1.807, 2.05) is 39.8 Å². The SMILES string of the molecule is Cc1cc(F)cc(C)c1-c1cc([C@H](CC(=O)O)NC(=O)[C@H](CC(C)C)n2cc(CCN3CC4CCC(C3)N4C)c(C(F)(F)F)cc2=O)cc2c1CCC2. The van der Waals surface area contributed by atoms with Crippen LogP contribution in [0.2, 0.25) is 0 Å². The molecule has 4 atom stereocenters. The number of benzene rings is 2. The number of hydrogen-bond acceptors (Lipinski definition) is 5. The fourth-order valence-electron chi connectivity index (χ4n) is 8.94. The van der Waals surface area contributed by atoms with Gasteiger partial charge in [-0.25, -0.2) is 4.39 Å². The molecule has 12 heteroatoms. The summed E-state index contributed by atoms with van der Waals surface area (Å²) in [5.41, 5.74) is 3.90. The Morgan fingerprint density at radius 2 is 1.66 bits per heavy atom. The summed E-state index contributed by atoms with van der Waals surface area (Å²) >= 11 is 0. The predicted molar refractivity (Wildman–Crippen MR) is 195 cm³/mol. The van der Waals surface area contributed by atoms with Gasteiger partial charge in [-0.05, 0) is 134 Å². The van der Waals surface area contributed by atoms with Crippen LogP contribution in [0.3, 0.4) is 0 Å². The minimum Gasteiger partial charge on any atom is -0.481 e. The number of amides is 1. The molecule has 53 heavy (non-hydrogen) atoms. The maximum Gasteiger partial charge on any atom is 0.416 e. The number of hydrogen-bond donors (Lipinski definition) is 2. The summed E-state index contributed by atoms with van der Waals surface area (Å²) in [6.07, 6.45) is 0.754. The molecule has 1 aromatic heterocycles. The number of nitrogens with zero attached hydrogens (tertiary/aromatic N) is 3. The Morgan fingerprint density at radius 1 is 1.00 bits per heavy atom. The monoisotopic (exact) mass is 738 g/mol. The Kier molecular flexibility index (Phi) is 11.2. The smallest absolute Gasteiger partial charge is 0.416 e. The molecule has 2 bridgehead atoms. The number of likely N-dealkylation sites (tertiary alicyclic amines) is 1. The molecule has 0 saturated carbocycles. The Bertz CT molecular complexity index is 1900. The van der Waals surface area contributed by atoms with Gasteiger partial charge in [0.25, 0.3) is 5.56 Å². The number of likely N-dealkylation sites (N-methyl/N-ethyl adjacent to an activating group) is 1. The molecule has 2 N–H and O–H groups in total. The number of nitrogens with one attached hydrogen (secondary N) is 1. The lowest BCUT2D eigenvalue weighted by molar-refractivity contribution is -0.139. The summed E-state index contributed by atoms with van der Waals surface area (Å²) in [6.45, 7) is 9.29. The topological polar surface area (TPSA) is 94.9 Å². The number of aromatic nitrogens is 1. The third-order valence-electron chi connectivity index (χ3n) is 11.5. The number of aryl methyl sites for hydroxylation is 3. The average molecular weight is 739 g/mol. The van der Waals surface area contributed by atoms with Crippen molar-refractivity contribution in [2.45, 2.75) is 109 Å². The number of piperazine rings is 1. The van der Waals surface area contributed by atoms with Crippen LogP contribution in [0.5, 0.6) is 0 Å². The lowest BCUT2D eigenvalue weighted by Gasteiger charge is -2.39. The van der Waals surface area contributed by atoms with E-state index in [1.165, 1.54) is 18.3 Å². The molecular weight excluding hydrogens is 688 g/mol. The molecule has 2 aromatic carbocycles. The highest BCUT2D eigenvalue weighted by atomic mass is 19.4. The maximum absolute atomic E-state index is 14.4. The lowest BCUT2D eigenvalue weighted by atomic mass is 9.87. The van der Waals surface area contributed by atoms with Gasteiger partial charge in [0.1, 0.15) is 11.9 Å². The Labute approximate surface area is 308 Å². The van der Waals surface area contributed by atoms with E-state index in [9.17, 15) is 37.1 Å². The van der Waals surface area contributed by atoms with E-state index in [-0.39, 0.29) is 30.1 Å². The number of carbonyl (C=O) groups is 2. The zero-order valence-corrected chi connectivity index (χ0v) is 31.2. The normalized spacial score (nSPS) is 20.1. The van der Waals surface area contributed by atoms with Crippen LogP contribution in [0, 0.1) is 25.6 Å². The van der Waals surface area contributed by atoms with Crippen molar-refractivity contribution in [1.82, 2.24) is 19.7 Å². The molecule has 8 nitrogen and oxygen atoms in total. The van der Waals surface area contributed by atoms with Gasteiger partial charge in [-0.3, -0.25) is 24.2 Å². The number of aliphatic carboxylic acids is 1. The van der Waals surface area contributed by atoms with Crippen molar-refractivity contribution in [3.8, 4) is 11.1 Å². The number of pyridine rings is 1. The molecule has 6 rings (SSSR count). The molecule has 1 aliphatic carbocycles. The minimum atomic E-state index is -4.76. The van der Waals surface area contributed by atoms with Crippen molar-refractivity contribution >= 4 is 11.9 Å². The second-order valence-electron chi connectivity index (χ2n) is 15.8. The van der Waals surface area contributed by atoms with Crippen LogP contribution in [0.15, 0.2) is 41.3 Å². The lowest BCUT2D eigenvalue weighted by Crippen LogP contribution is -2.52. The Balaban J connectivity index is 1.34. The van der Waals surface area contributed by atoms with Gasteiger partial charge in [0, 0.05) is 44.0 Å². The highest BCUT2D eigenvalue weighted by Crippen LogP contribution is 2.40. The van der Waals surface area contributed by atoms with Crippen molar-refractivity contribution < 1.29 is 32.3 Å². The van der Waals surface area contributed by atoms with Crippen LogP contribution in [0.4, 0.5) is 17.6 Å². The van der Waals surface area contributed by atoms with Gasteiger partial charge in [-0.1, -0.05) is 19.9 Å². The van der Waals surface area contributed by atoms with Crippen molar-refractivity contribution in [3.05, 3.63) is 91.6 Å². The van der Waals surface area contributed by atoms with E-state index in [0.29, 0.717) is 30.3 Å². The fourth-order valence-corrected chi connectivity index (χ4v) is 8.94. The van der Waals surface area contributed by atoms with Crippen LogP contribution in [0.25, 0.3) is 11.1 Å². The molecule has 3 heterocycles. The molecular formula is C41H50F4N4O4. The van der Waals surface area contributed by atoms with Crippen molar-refractivity contribution in [2.75, 3.05) is 26.7 Å². The fraction of sp³-hybridized carbons (Fsp3) is 0.537. The van der Waals surface area contributed by atoms with Gasteiger partial charge < -0.3 is 15.0 Å². The second-order valence-corrected chi connectivity index (χ2v) is 15.8. The van der Waals surface area contributed by atoms with Crippen LogP contribution in [-0.2, 0) is 35.0 Å². The number of carboxylic acid groups (broad SMARTS) is 1. The van der Waals surface area contributed by atoms with E-state index in [4.69, 9.17) is 0 Å². The summed E-state index contributed by atoms with van der Waals surface area (Å²) in [6, 6.07) is 5.86. The molecule has 3 aromatic rings. The van der Waals surface area contributed by atoms with E-state index in [1.54, 1.807) is 0 Å². The van der Waals surface area contributed by atoms with Crippen LogP contribution < -0.4 is 10.9 Å². The van der Waals surface area contributed by atoms with Crippen molar-refractivity contribution in [1.29, 1.82) is 0 Å². The highest BCUT2D eigenvalue weighted by Gasteiger charge is 2.39. The van der Waals surface area contributed by atoms with Crippen LogP contribution >= 0.6 is 0 Å². The number of carboxylic acids is 1. The third kappa shape index (κ3) is 8.38. The molecule has 2 fully saturated rings. The van der Waals surface area contributed by atoms with E-state index < -0.39 is 47.7 Å². The maximum atomic E-state index is 14.4. The van der Waals surface area contributed by atoms with Gasteiger partial charge in [0.2, 0.25) is 5.91 Å². The molecule has 0 spiro atoms. The summed E-state index contributed by atoms with van der Waals surface area (Å²) in [4.78, 5) is 44.6. The zero-order valence-electron chi connectivity index (χ0n) is 31.2. The number of fused-ring (bicyclic) bond motifs is 3. The number of carbonyl (C=O) groups excluding carboxylic acids is 1. The van der Waals surface area contributed by atoms with Crippen molar-refractivity contribution in [3.63, 3.8) is 0 Å². The van der Waals surface area contributed by atoms with Crippen LogP contribution in [0.1, 0.15) is 97.0 Å². The molecule has 0 radical (unpaired) electrons. The van der Waals surface area contributed by atoms with Gasteiger partial charge in [0.15, 0.2) is 0 Å². The summed E-state index contributed by atoms with van der Waals surface area (Å²) in [7, 11) is 2.09. The van der Waals surface area contributed by atoms with Crippen LogP contribution in [-0.4, -0.2) is 70.1 Å². The molecule has 286 valence electrons. The molecule has 1 amide bonds. The first-order valence-corrected chi connectivity index (χ1v) is 18.7. The third-order valence-corrected chi connectivity index (χ3v) is 11.5. The quantitative estimate of drug-likeness (QED) is 0.194. The first-order chi connectivity index (χ1) is 25.0. The number of alkyl halides is 3. The highest BCUT2D eigenvalue weighted by molar-refractivity contribution is 5.82. The molecule has 2 saturated heterocycles. The van der Waals surface area contributed by atoms with Gasteiger partial charge in [0.05, 0.1) is 18.0 Å². The van der Waals surface area contributed by atoms with Gasteiger partial charge >= 0.3 is 12.1 Å². The summed E-state index contributed by atoms with van der Waals surface area (Å²) in [5, 5.41) is 12.9. The minimum absolute atomic E-state index is 0.0516. The Morgan fingerprint density at radius 3 is 2.26 bits per heavy atom. The van der Waals surface area contributed by atoms with Crippen molar-refractivity contribution in [2.24, 2.45) is 5.92 Å². The predicted octanol–water partition coefficient (Wildman–Crippen LogP) is 7.02. The Hall–Kier alpha value is -4.03. The van der Waals surface area contributed by atoms with Gasteiger partial charge in [-0.15, -0.1) is 0 Å². The first kappa shape index (κ1) is 38.7. The van der Waals surface area contributed by atoms with Gasteiger partial charge in [-0.2, -0.15) is 13.2 Å². The average Bonchev–Trinajstić information content (AvgIpc) is 3.60. The zero-order chi connectivity index (χ0) is 38.4. The largest absolute Gasteiger partial charge is 0.481 e. The van der Waals surface area contributed by atoms with E-state index >= 15 is 0 Å². The molecule has 2 aliphatic heterocycles. The molecule has 2 unspecified atom stereocenters. The first-order valence-electron chi connectivity index (χ1n) is 18.7.